The van der Waals surface area contributed by atoms with Gasteiger partial charge in [-0.2, -0.15) is 8.78 Å². The third-order valence-corrected chi connectivity index (χ3v) is 5.32. The van der Waals surface area contributed by atoms with Gasteiger partial charge in [0.2, 0.25) is 9.84 Å². The molecule has 0 radical (unpaired) electrons. The number of halogens is 2. The summed E-state index contributed by atoms with van der Waals surface area (Å²) in [6, 6.07) is 8.20. The van der Waals surface area contributed by atoms with Gasteiger partial charge in [0, 0.05) is 6.07 Å². The number of anilines is 1. The molecule has 0 saturated heterocycles. The molecule has 0 aliphatic rings. The maximum atomic E-state index is 12.6. The van der Waals surface area contributed by atoms with Gasteiger partial charge in [-0.3, -0.25) is 10.1 Å². The van der Waals surface area contributed by atoms with E-state index in [0.29, 0.717) is 11.9 Å². The van der Waals surface area contributed by atoms with E-state index in [4.69, 9.17) is 0 Å². The van der Waals surface area contributed by atoms with Crippen molar-refractivity contribution in [2.75, 3.05) is 5.32 Å². The van der Waals surface area contributed by atoms with Gasteiger partial charge in [0.1, 0.15) is 11.5 Å². The predicted octanol–water partition coefficient (Wildman–Crippen LogP) is 3.39. The normalized spacial score (nSPS) is 11.9. The van der Waals surface area contributed by atoms with Gasteiger partial charge in [0.15, 0.2) is 0 Å². The summed E-state index contributed by atoms with van der Waals surface area (Å²) in [5.41, 5.74) is 1.90. The second kappa shape index (κ2) is 6.91. The Bertz CT molecular complexity index is 1130. The van der Waals surface area contributed by atoms with Crippen molar-refractivity contribution >= 4 is 32.2 Å². The lowest BCUT2D eigenvalue weighted by Crippen LogP contribution is -2.12. The molecule has 2 N–H and O–H groups in total. The number of nitro benzene ring substituents is 1. The van der Waals surface area contributed by atoms with E-state index in [2.05, 4.69) is 15.3 Å². The number of alkyl halides is 2. The van der Waals surface area contributed by atoms with Crippen LogP contribution in [0.3, 0.4) is 0 Å². The molecule has 3 aromatic rings. The van der Waals surface area contributed by atoms with Crippen molar-refractivity contribution in [3.63, 3.8) is 0 Å². The lowest BCUT2D eigenvalue weighted by atomic mass is 10.2. The number of H-pyrrole nitrogens is 1. The number of nitro groups is 1. The highest BCUT2D eigenvalue weighted by Crippen LogP contribution is 2.30. The summed E-state index contributed by atoms with van der Waals surface area (Å²) in [4.78, 5) is 17.0. The molecular weight excluding hydrogens is 382 g/mol. The monoisotopic (exact) mass is 396 g/mol. The zero-order valence-electron chi connectivity index (χ0n) is 13.9. The molecule has 0 saturated carbocycles. The lowest BCUT2D eigenvalue weighted by molar-refractivity contribution is -0.384. The van der Waals surface area contributed by atoms with Crippen LogP contribution in [-0.4, -0.2) is 29.1 Å². The number of hydrogen-bond donors (Lipinski definition) is 2. The molecule has 0 bridgehead atoms. The summed E-state index contributed by atoms with van der Waals surface area (Å²) < 4.78 is 48.3. The van der Waals surface area contributed by atoms with E-state index < -0.39 is 31.1 Å². The Labute approximate surface area is 152 Å². The largest absolute Gasteiger partial charge is 0.372 e. The topological polar surface area (TPSA) is 118 Å². The fourth-order valence-corrected chi connectivity index (χ4v) is 3.32. The van der Waals surface area contributed by atoms with E-state index in [0.717, 1.165) is 28.7 Å². The molecule has 0 aliphatic carbocycles. The number of sulfone groups is 1. The van der Waals surface area contributed by atoms with Gasteiger partial charge >= 0.3 is 5.76 Å². The average molecular weight is 396 g/mol. The Kier molecular flexibility index (Phi) is 4.79. The van der Waals surface area contributed by atoms with Crippen LogP contribution in [0.4, 0.5) is 20.2 Å². The van der Waals surface area contributed by atoms with Gasteiger partial charge < -0.3 is 10.3 Å². The summed E-state index contributed by atoms with van der Waals surface area (Å²) >= 11 is 0. The number of benzene rings is 2. The smallest absolute Gasteiger partial charge is 0.341 e. The third kappa shape index (κ3) is 3.58. The number of nitrogens with one attached hydrogen (secondary N) is 2. The molecule has 0 unspecified atom stereocenters. The number of imidazole rings is 1. The fraction of sp³-hybridized carbons (Fsp3) is 0.188. The SMILES string of the molecule is Cc1cccc2[nH]c(CNc3ccc(S(=O)(=O)C(F)F)cc3[N+](=O)[O-])nc12. The van der Waals surface area contributed by atoms with Crippen LogP contribution in [0, 0.1) is 17.0 Å². The standard InChI is InChI=1S/C16H14F2N4O4S/c1-9-3-2-4-12-15(9)21-14(20-12)8-19-11-6-5-10(7-13(11)22(23)24)27(25,26)16(17)18/h2-7,16,19H,8H2,1H3,(H,20,21). The Balaban J connectivity index is 1.89. The van der Waals surface area contributed by atoms with Crippen molar-refractivity contribution in [1.82, 2.24) is 9.97 Å². The van der Waals surface area contributed by atoms with Crippen molar-refractivity contribution in [3.8, 4) is 0 Å². The number of aromatic nitrogens is 2. The van der Waals surface area contributed by atoms with Crippen LogP contribution in [0.2, 0.25) is 0 Å². The van der Waals surface area contributed by atoms with E-state index >= 15 is 0 Å². The molecule has 3 rings (SSSR count). The lowest BCUT2D eigenvalue weighted by Gasteiger charge is -2.08. The number of para-hydroxylation sites is 1. The summed E-state index contributed by atoms with van der Waals surface area (Å²) in [6.45, 7) is 1.99. The highest BCUT2D eigenvalue weighted by Gasteiger charge is 2.29. The van der Waals surface area contributed by atoms with Crippen LogP contribution >= 0.6 is 0 Å². The van der Waals surface area contributed by atoms with Gasteiger partial charge in [-0.05, 0) is 30.7 Å². The van der Waals surface area contributed by atoms with Gasteiger partial charge in [-0.15, -0.1) is 0 Å². The maximum Gasteiger partial charge on any atom is 0.341 e. The molecule has 27 heavy (non-hydrogen) atoms. The molecule has 2 aromatic carbocycles. The van der Waals surface area contributed by atoms with E-state index in [9.17, 15) is 27.3 Å². The van der Waals surface area contributed by atoms with Crippen LogP contribution in [-0.2, 0) is 16.4 Å². The summed E-state index contributed by atoms with van der Waals surface area (Å²) in [5, 5.41) is 14.0. The van der Waals surface area contributed by atoms with Crippen LogP contribution in [0.1, 0.15) is 11.4 Å². The first-order valence-electron chi connectivity index (χ1n) is 7.68. The van der Waals surface area contributed by atoms with Crippen LogP contribution in [0.5, 0.6) is 0 Å². The first-order chi connectivity index (χ1) is 12.7. The Morgan fingerprint density at radius 3 is 2.67 bits per heavy atom. The summed E-state index contributed by atoms with van der Waals surface area (Å²) in [5.74, 6) is -3.15. The Morgan fingerprint density at radius 2 is 2.04 bits per heavy atom. The average Bonchev–Trinajstić information content (AvgIpc) is 3.04. The van der Waals surface area contributed by atoms with Crippen molar-refractivity contribution < 1.29 is 22.1 Å². The summed E-state index contributed by atoms with van der Waals surface area (Å²) in [6.07, 6.45) is 0. The van der Waals surface area contributed by atoms with Crippen molar-refractivity contribution in [1.29, 1.82) is 0 Å². The summed E-state index contributed by atoms with van der Waals surface area (Å²) in [7, 11) is -4.92. The Hall–Kier alpha value is -3.08. The first-order valence-corrected chi connectivity index (χ1v) is 9.23. The van der Waals surface area contributed by atoms with E-state index in [1.807, 2.05) is 25.1 Å². The van der Waals surface area contributed by atoms with E-state index in [-0.39, 0.29) is 12.2 Å². The number of hydrogen-bond acceptors (Lipinski definition) is 6. The van der Waals surface area contributed by atoms with Crippen molar-refractivity contribution in [2.24, 2.45) is 0 Å². The van der Waals surface area contributed by atoms with Crippen molar-refractivity contribution in [2.45, 2.75) is 24.1 Å². The molecular formula is C16H14F2N4O4S. The third-order valence-electron chi connectivity index (χ3n) is 3.94. The van der Waals surface area contributed by atoms with Gasteiger partial charge in [0.05, 0.1) is 27.4 Å². The molecule has 0 atom stereocenters. The molecule has 1 heterocycles. The first kappa shape index (κ1) is 18.7. The molecule has 1 aromatic heterocycles. The predicted molar refractivity (Wildman–Crippen MR) is 94.4 cm³/mol. The number of aryl methyl sites for hydroxylation is 1. The van der Waals surface area contributed by atoms with Gasteiger partial charge in [-0.1, -0.05) is 12.1 Å². The zero-order valence-corrected chi connectivity index (χ0v) is 14.8. The molecule has 11 heteroatoms. The number of nitrogens with zero attached hydrogens (tertiary/aromatic N) is 2. The highest BCUT2D eigenvalue weighted by molar-refractivity contribution is 7.91. The minimum absolute atomic E-state index is 0.00889. The molecule has 0 fully saturated rings. The maximum absolute atomic E-state index is 12.6. The van der Waals surface area contributed by atoms with Crippen molar-refractivity contribution in [3.05, 3.63) is 57.9 Å². The quantitative estimate of drug-likeness (QED) is 0.487. The van der Waals surface area contributed by atoms with Crippen LogP contribution in [0.25, 0.3) is 11.0 Å². The van der Waals surface area contributed by atoms with Gasteiger partial charge in [0.25, 0.3) is 5.69 Å². The van der Waals surface area contributed by atoms with Crippen LogP contribution < -0.4 is 5.32 Å². The molecule has 8 nitrogen and oxygen atoms in total. The van der Waals surface area contributed by atoms with E-state index in [1.54, 1.807) is 0 Å². The molecule has 0 spiro atoms. The van der Waals surface area contributed by atoms with Crippen LogP contribution in [0.15, 0.2) is 41.3 Å². The zero-order chi connectivity index (χ0) is 19.8. The highest BCUT2D eigenvalue weighted by atomic mass is 32.2. The number of fused-ring (bicyclic) bond motifs is 1. The van der Waals surface area contributed by atoms with E-state index in [1.165, 1.54) is 0 Å². The second-order valence-corrected chi connectivity index (χ2v) is 7.67. The molecule has 0 aliphatic heterocycles. The number of aromatic amines is 1. The minimum atomic E-state index is -4.92. The molecule has 142 valence electrons. The fourth-order valence-electron chi connectivity index (χ4n) is 2.58. The number of rotatable bonds is 6. The van der Waals surface area contributed by atoms with Gasteiger partial charge in [-0.25, -0.2) is 13.4 Å². The second-order valence-electron chi connectivity index (χ2n) is 5.75. The molecule has 0 amide bonds. The minimum Gasteiger partial charge on any atom is -0.372 e. The Morgan fingerprint density at radius 1 is 1.30 bits per heavy atom.